The van der Waals surface area contributed by atoms with Crippen LogP contribution < -0.4 is 5.73 Å². The molecule has 0 rings (SSSR count). The number of carbonyl (C=O) groups is 2. The smallest absolute Gasteiger partial charge is 0.306 e. The van der Waals surface area contributed by atoms with Crippen molar-refractivity contribution < 1.29 is 19.4 Å². The molecule has 0 heterocycles. The van der Waals surface area contributed by atoms with Crippen molar-refractivity contribution in [2.75, 3.05) is 20.7 Å². The van der Waals surface area contributed by atoms with Gasteiger partial charge in [-0.3, -0.25) is 9.59 Å². The van der Waals surface area contributed by atoms with Gasteiger partial charge < -0.3 is 20.5 Å². The molecule has 0 aliphatic rings. The van der Waals surface area contributed by atoms with Crippen molar-refractivity contribution in [2.45, 2.75) is 59.1 Å². The van der Waals surface area contributed by atoms with Crippen LogP contribution in [0.15, 0.2) is 0 Å². The van der Waals surface area contributed by atoms with Gasteiger partial charge in [-0.05, 0) is 5.92 Å². The van der Waals surface area contributed by atoms with Gasteiger partial charge in [0.1, 0.15) is 0 Å². The minimum atomic E-state index is -0.941. The number of hydrogen-bond acceptors (Lipinski definition) is 4. The van der Waals surface area contributed by atoms with Crippen LogP contribution in [0.25, 0.3) is 0 Å². The number of ether oxygens (including phenoxy) is 1. The highest BCUT2D eigenvalue weighted by molar-refractivity contribution is 5.78. The van der Waals surface area contributed by atoms with Gasteiger partial charge in [0, 0.05) is 14.2 Å². The summed E-state index contributed by atoms with van der Waals surface area (Å²) in [6.07, 6.45) is 1.41. The maximum Gasteiger partial charge on any atom is 0.306 e. The third-order valence-corrected chi connectivity index (χ3v) is 3.30. The molecular formula is C15H32N2O4. The topological polar surface area (TPSA) is 92.9 Å². The van der Waals surface area contributed by atoms with Gasteiger partial charge in [0.25, 0.3) is 0 Å². The maximum atomic E-state index is 11.7. The Hall–Kier alpha value is -1.14. The Labute approximate surface area is 128 Å². The van der Waals surface area contributed by atoms with E-state index in [-0.39, 0.29) is 30.8 Å². The predicted octanol–water partition coefficient (Wildman–Crippen LogP) is 1.72. The minimum Gasteiger partial charge on any atom is -0.481 e. The number of likely N-dealkylation sites (N-methyl/N-ethyl adjacent to an activating group) is 1. The molecule has 0 aliphatic heterocycles. The van der Waals surface area contributed by atoms with Gasteiger partial charge in [0.2, 0.25) is 5.91 Å². The van der Waals surface area contributed by atoms with Crippen molar-refractivity contribution in [3.8, 4) is 0 Å². The summed E-state index contributed by atoms with van der Waals surface area (Å²) in [7, 11) is 3.10. The van der Waals surface area contributed by atoms with Crippen LogP contribution in [0.2, 0.25) is 0 Å². The van der Waals surface area contributed by atoms with Crippen LogP contribution in [-0.2, 0) is 14.3 Å². The number of carboxylic acid groups (broad SMARTS) is 1. The van der Waals surface area contributed by atoms with E-state index >= 15 is 0 Å². The Morgan fingerprint density at radius 1 is 1.29 bits per heavy atom. The van der Waals surface area contributed by atoms with E-state index < -0.39 is 12.1 Å². The van der Waals surface area contributed by atoms with E-state index in [9.17, 15) is 9.59 Å². The lowest BCUT2D eigenvalue weighted by Crippen LogP contribution is -2.51. The van der Waals surface area contributed by atoms with Gasteiger partial charge in [-0.15, -0.1) is 0 Å². The van der Waals surface area contributed by atoms with Crippen LogP contribution in [0, 0.1) is 5.92 Å². The van der Waals surface area contributed by atoms with E-state index in [4.69, 9.17) is 15.6 Å². The van der Waals surface area contributed by atoms with Crippen molar-refractivity contribution in [1.29, 1.82) is 0 Å². The summed E-state index contributed by atoms with van der Waals surface area (Å²) >= 11 is 0. The van der Waals surface area contributed by atoms with Crippen molar-refractivity contribution in [3.63, 3.8) is 0 Å². The summed E-state index contributed by atoms with van der Waals surface area (Å²) in [4.78, 5) is 24.0. The van der Waals surface area contributed by atoms with Crippen LogP contribution >= 0.6 is 0 Å². The highest BCUT2D eigenvalue weighted by atomic mass is 16.5. The molecular weight excluding hydrogens is 272 g/mol. The molecule has 0 saturated carbocycles. The first-order valence-electron chi connectivity index (χ1n) is 7.50. The summed E-state index contributed by atoms with van der Waals surface area (Å²) in [5.41, 5.74) is 5.35. The lowest BCUT2D eigenvalue weighted by Gasteiger charge is -2.37. The van der Waals surface area contributed by atoms with Crippen molar-refractivity contribution >= 4 is 11.9 Å². The molecule has 0 aromatic heterocycles. The number of nitrogens with two attached hydrogens (primary N) is 1. The summed E-state index contributed by atoms with van der Waals surface area (Å²) in [6, 6.07) is -0.285. The highest BCUT2D eigenvalue weighted by Crippen LogP contribution is 2.21. The van der Waals surface area contributed by atoms with E-state index in [1.807, 2.05) is 13.8 Å². The van der Waals surface area contributed by atoms with Gasteiger partial charge in [-0.2, -0.15) is 0 Å². The fourth-order valence-corrected chi connectivity index (χ4v) is 2.06. The summed E-state index contributed by atoms with van der Waals surface area (Å²) in [5, 5.41) is 8.89. The Morgan fingerprint density at radius 2 is 1.76 bits per heavy atom. The molecule has 0 fully saturated rings. The monoisotopic (exact) mass is 304 g/mol. The summed E-state index contributed by atoms with van der Waals surface area (Å²) < 4.78 is 5.25. The zero-order valence-electron chi connectivity index (χ0n) is 14.3. The number of carboxylic acids is 1. The van der Waals surface area contributed by atoms with Crippen LogP contribution in [0.4, 0.5) is 0 Å². The molecule has 0 spiro atoms. The Bertz CT molecular complexity index is 297. The van der Waals surface area contributed by atoms with Crippen LogP contribution in [0.3, 0.4) is 0 Å². The zero-order valence-corrected chi connectivity index (χ0v) is 14.3. The number of carbonyl (C=O) groups excluding carboxylic acids is 1. The van der Waals surface area contributed by atoms with Crippen molar-refractivity contribution in [1.82, 2.24) is 4.90 Å². The number of nitrogens with zero attached hydrogens (tertiary/aromatic N) is 1. The average Bonchev–Trinajstić information content (AvgIpc) is 2.45. The Balaban J connectivity index is 0. The molecule has 3 unspecified atom stereocenters. The minimum absolute atomic E-state index is 0.0903. The maximum absolute atomic E-state index is 11.7. The second-order valence-electron chi connectivity index (χ2n) is 5.16. The Morgan fingerprint density at radius 3 is 2.05 bits per heavy atom. The molecule has 6 nitrogen and oxygen atoms in total. The van der Waals surface area contributed by atoms with Crippen molar-refractivity contribution in [2.24, 2.45) is 11.7 Å². The largest absolute Gasteiger partial charge is 0.481 e. The second kappa shape index (κ2) is 12.6. The Kier molecular flexibility index (Phi) is 13.3. The standard InChI is InChI=1S/C12H24N2O4.C3H8/c1-5-8(2)12(14(3)10(15)7-13)9(18-4)6-11(16)17;1-3-2/h8-9,12H,5-7,13H2,1-4H3,(H,16,17);3H2,1-2H3. The third-order valence-electron chi connectivity index (χ3n) is 3.30. The van der Waals surface area contributed by atoms with Crippen LogP contribution in [0.5, 0.6) is 0 Å². The number of rotatable bonds is 8. The molecule has 0 aliphatic carbocycles. The molecule has 0 aromatic rings. The molecule has 0 radical (unpaired) electrons. The first-order valence-corrected chi connectivity index (χ1v) is 7.50. The molecule has 0 aromatic carbocycles. The fraction of sp³-hybridized carbons (Fsp3) is 0.867. The zero-order chi connectivity index (χ0) is 17.0. The SMILES string of the molecule is CCC.CCC(C)C(C(CC(=O)O)OC)N(C)C(=O)CN. The highest BCUT2D eigenvalue weighted by Gasteiger charge is 2.33. The van der Waals surface area contributed by atoms with Gasteiger partial charge in [0.15, 0.2) is 0 Å². The average molecular weight is 304 g/mol. The number of aliphatic carboxylic acids is 1. The van der Waals surface area contributed by atoms with Gasteiger partial charge in [-0.25, -0.2) is 0 Å². The van der Waals surface area contributed by atoms with E-state index in [1.165, 1.54) is 18.4 Å². The molecule has 0 bridgehead atoms. The van der Waals surface area contributed by atoms with E-state index in [0.717, 1.165) is 6.42 Å². The fourth-order valence-electron chi connectivity index (χ4n) is 2.06. The molecule has 0 saturated heterocycles. The van der Waals surface area contributed by atoms with Crippen molar-refractivity contribution in [3.05, 3.63) is 0 Å². The first kappa shape index (κ1) is 22.1. The van der Waals surface area contributed by atoms with Gasteiger partial charge in [0.05, 0.1) is 25.1 Å². The summed E-state index contributed by atoms with van der Waals surface area (Å²) in [5.74, 6) is -1.02. The van der Waals surface area contributed by atoms with Crippen LogP contribution in [0.1, 0.15) is 47.0 Å². The van der Waals surface area contributed by atoms with E-state index in [1.54, 1.807) is 7.05 Å². The molecule has 3 N–H and O–H groups in total. The number of amides is 1. The molecule has 3 atom stereocenters. The quantitative estimate of drug-likeness (QED) is 0.712. The third kappa shape index (κ3) is 8.67. The molecule has 21 heavy (non-hydrogen) atoms. The number of methoxy groups -OCH3 is 1. The van der Waals surface area contributed by atoms with Gasteiger partial charge >= 0.3 is 5.97 Å². The lowest BCUT2D eigenvalue weighted by atomic mass is 9.91. The first-order chi connectivity index (χ1) is 9.80. The molecule has 6 heteroatoms. The predicted molar refractivity (Wildman–Crippen MR) is 84.1 cm³/mol. The van der Waals surface area contributed by atoms with E-state index in [2.05, 4.69) is 13.8 Å². The van der Waals surface area contributed by atoms with Gasteiger partial charge in [-0.1, -0.05) is 40.5 Å². The number of hydrogen-bond donors (Lipinski definition) is 2. The summed E-state index contributed by atoms with van der Waals surface area (Å²) in [6.45, 7) is 8.12. The molecule has 1 amide bonds. The van der Waals surface area contributed by atoms with E-state index in [0.29, 0.717) is 0 Å². The molecule has 126 valence electrons. The van der Waals surface area contributed by atoms with Crippen LogP contribution in [-0.4, -0.2) is 54.7 Å². The normalized spacial score (nSPS) is 14.4. The second-order valence-corrected chi connectivity index (χ2v) is 5.16. The lowest BCUT2D eigenvalue weighted by molar-refractivity contribution is -0.145.